The topological polar surface area (TPSA) is 21.3 Å². The van der Waals surface area contributed by atoms with E-state index in [1.54, 1.807) is 6.07 Å². The lowest BCUT2D eigenvalue weighted by atomic mass is 10.1. The largest absolute Gasteiger partial charge is 0.491 e. The molecule has 1 N–H and O–H groups in total. The minimum Gasteiger partial charge on any atom is -0.491 e. The zero-order valence-corrected chi connectivity index (χ0v) is 11.2. The lowest BCUT2D eigenvalue weighted by Gasteiger charge is -2.11. The Kier molecular flexibility index (Phi) is 4.39. The molecular formula is C16H18FNO. The fraction of sp³-hybridized carbons (Fsp3) is 0.250. The Morgan fingerprint density at radius 2 is 1.89 bits per heavy atom. The monoisotopic (exact) mass is 259 g/mol. The van der Waals surface area contributed by atoms with Crippen LogP contribution in [0.25, 0.3) is 0 Å². The van der Waals surface area contributed by atoms with E-state index in [-0.39, 0.29) is 5.82 Å². The first kappa shape index (κ1) is 13.4. The molecule has 0 spiro atoms. The van der Waals surface area contributed by atoms with E-state index in [9.17, 15) is 4.39 Å². The van der Waals surface area contributed by atoms with Crippen molar-refractivity contribution in [3.05, 3.63) is 59.4 Å². The number of aryl methyl sites for hydroxylation is 1. The summed E-state index contributed by atoms with van der Waals surface area (Å²) in [6.45, 7) is 5.29. The third-order valence-corrected chi connectivity index (χ3v) is 3.07. The quantitative estimate of drug-likeness (QED) is 0.821. The maximum absolute atomic E-state index is 13.0. The second-order valence-electron chi connectivity index (χ2n) is 4.48. The summed E-state index contributed by atoms with van der Waals surface area (Å²) in [4.78, 5) is 0. The number of hydrogen-bond acceptors (Lipinski definition) is 2. The highest BCUT2D eigenvalue weighted by atomic mass is 19.1. The van der Waals surface area contributed by atoms with E-state index in [1.807, 2.05) is 25.1 Å². The normalized spacial score (nSPS) is 10.3. The number of halogens is 1. The molecule has 0 amide bonds. The van der Waals surface area contributed by atoms with E-state index in [2.05, 4.69) is 18.3 Å². The van der Waals surface area contributed by atoms with Gasteiger partial charge in [-0.05, 0) is 49.2 Å². The Morgan fingerprint density at radius 3 is 2.68 bits per heavy atom. The van der Waals surface area contributed by atoms with Gasteiger partial charge in [0.2, 0.25) is 0 Å². The highest BCUT2D eigenvalue weighted by Gasteiger charge is 2.01. The molecule has 2 aromatic rings. The molecule has 0 aliphatic carbocycles. The van der Waals surface area contributed by atoms with Gasteiger partial charge in [-0.2, -0.15) is 0 Å². The number of benzene rings is 2. The third kappa shape index (κ3) is 3.71. The highest BCUT2D eigenvalue weighted by Crippen LogP contribution is 2.20. The number of rotatable bonds is 5. The van der Waals surface area contributed by atoms with Gasteiger partial charge in [-0.25, -0.2) is 4.39 Å². The Bertz CT molecular complexity index is 554. The molecule has 0 unspecified atom stereocenters. The van der Waals surface area contributed by atoms with Crippen LogP contribution < -0.4 is 10.1 Å². The SMILES string of the molecule is Cc1cccc(OCCNc2cccc(F)c2)c1C. The van der Waals surface area contributed by atoms with Crippen LogP contribution in [0.3, 0.4) is 0 Å². The Labute approximate surface area is 113 Å². The first-order chi connectivity index (χ1) is 9.16. The van der Waals surface area contributed by atoms with Gasteiger partial charge in [0.25, 0.3) is 0 Å². The Balaban J connectivity index is 1.82. The smallest absolute Gasteiger partial charge is 0.125 e. The molecule has 0 aromatic heterocycles. The minimum absolute atomic E-state index is 0.236. The van der Waals surface area contributed by atoms with Crippen molar-refractivity contribution in [3.8, 4) is 5.75 Å². The van der Waals surface area contributed by atoms with Crippen LogP contribution in [-0.2, 0) is 0 Å². The van der Waals surface area contributed by atoms with Gasteiger partial charge < -0.3 is 10.1 Å². The molecule has 19 heavy (non-hydrogen) atoms. The van der Waals surface area contributed by atoms with E-state index in [0.717, 1.165) is 17.0 Å². The van der Waals surface area contributed by atoms with Crippen molar-refractivity contribution in [1.82, 2.24) is 0 Å². The number of nitrogens with one attached hydrogen (secondary N) is 1. The van der Waals surface area contributed by atoms with Gasteiger partial charge in [-0.3, -0.25) is 0 Å². The molecule has 0 saturated carbocycles. The van der Waals surface area contributed by atoms with Gasteiger partial charge in [0, 0.05) is 12.2 Å². The van der Waals surface area contributed by atoms with Crippen LogP contribution in [0.4, 0.5) is 10.1 Å². The average Bonchev–Trinajstić information content (AvgIpc) is 2.39. The number of ether oxygens (including phenoxy) is 1. The number of hydrogen-bond donors (Lipinski definition) is 1. The summed E-state index contributed by atoms with van der Waals surface area (Å²) < 4.78 is 18.7. The molecule has 0 aliphatic rings. The average molecular weight is 259 g/mol. The highest BCUT2D eigenvalue weighted by molar-refractivity contribution is 5.43. The van der Waals surface area contributed by atoms with Crippen molar-refractivity contribution >= 4 is 5.69 Å². The van der Waals surface area contributed by atoms with Crippen LogP contribution >= 0.6 is 0 Å². The minimum atomic E-state index is -0.236. The molecule has 0 atom stereocenters. The van der Waals surface area contributed by atoms with E-state index < -0.39 is 0 Å². The van der Waals surface area contributed by atoms with Gasteiger partial charge in [0.15, 0.2) is 0 Å². The summed E-state index contributed by atoms with van der Waals surface area (Å²) in [7, 11) is 0. The molecule has 0 radical (unpaired) electrons. The second kappa shape index (κ2) is 6.23. The zero-order chi connectivity index (χ0) is 13.7. The van der Waals surface area contributed by atoms with Crippen molar-refractivity contribution in [2.75, 3.05) is 18.5 Å². The van der Waals surface area contributed by atoms with Gasteiger partial charge in [0.1, 0.15) is 18.2 Å². The van der Waals surface area contributed by atoms with Gasteiger partial charge in [0.05, 0.1) is 0 Å². The van der Waals surface area contributed by atoms with Crippen LogP contribution in [0.15, 0.2) is 42.5 Å². The molecule has 2 rings (SSSR count). The predicted octanol–water partition coefficient (Wildman–Crippen LogP) is 3.93. The van der Waals surface area contributed by atoms with Crippen LogP contribution in [-0.4, -0.2) is 13.2 Å². The van der Waals surface area contributed by atoms with Gasteiger partial charge >= 0.3 is 0 Å². The van der Waals surface area contributed by atoms with Crippen LogP contribution in [0.2, 0.25) is 0 Å². The second-order valence-corrected chi connectivity index (χ2v) is 4.48. The Morgan fingerprint density at radius 1 is 1.11 bits per heavy atom. The van der Waals surface area contributed by atoms with E-state index >= 15 is 0 Å². The van der Waals surface area contributed by atoms with Crippen molar-refractivity contribution in [2.24, 2.45) is 0 Å². The molecule has 2 aromatic carbocycles. The standard InChI is InChI=1S/C16H18FNO/c1-12-5-3-8-16(13(12)2)19-10-9-18-15-7-4-6-14(17)11-15/h3-8,11,18H,9-10H2,1-2H3. The summed E-state index contributed by atoms with van der Waals surface area (Å²) in [5, 5.41) is 3.12. The molecule has 0 fully saturated rings. The van der Waals surface area contributed by atoms with E-state index in [1.165, 1.54) is 17.7 Å². The molecule has 0 saturated heterocycles. The molecule has 2 nitrogen and oxygen atoms in total. The Hall–Kier alpha value is -2.03. The molecule has 0 bridgehead atoms. The van der Waals surface area contributed by atoms with Gasteiger partial charge in [-0.15, -0.1) is 0 Å². The maximum Gasteiger partial charge on any atom is 0.125 e. The maximum atomic E-state index is 13.0. The van der Waals surface area contributed by atoms with Gasteiger partial charge in [-0.1, -0.05) is 18.2 Å². The summed E-state index contributed by atoms with van der Waals surface area (Å²) in [5.41, 5.74) is 3.15. The fourth-order valence-corrected chi connectivity index (χ4v) is 1.84. The molecular weight excluding hydrogens is 241 g/mol. The predicted molar refractivity (Wildman–Crippen MR) is 76.3 cm³/mol. The number of anilines is 1. The molecule has 0 heterocycles. The van der Waals surface area contributed by atoms with Crippen molar-refractivity contribution < 1.29 is 9.13 Å². The third-order valence-electron chi connectivity index (χ3n) is 3.07. The zero-order valence-electron chi connectivity index (χ0n) is 11.2. The molecule has 100 valence electrons. The lowest BCUT2D eigenvalue weighted by Crippen LogP contribution is -2.12. The van der Waals surface area contributed by atoms with E-state index in [4.69, 9.17) is 4.74 Å². The summed E-state index contributed by atoms with van der Waals surface area (Å²) in [5.74, 6) is 0.668. The van der Waals surface area contributed by atoms with Crippen molar-refractivity contribution in [1.29, 1.82) is 0 Å². The van der Waals surface area contributed by atoms with Crippen LogP contribution in [0.1, 0.15) is 11.1 Å². The van der Waals surface area contributed by atoms with E-state index in [0.29, 0.717) is 13.2 Å². The lowest BCUT2D eigenvalue weighted by molar-refractivity contribution is 0.330. The van der Waals surface area contributed by atoms with Crippen LogP contribution in [0.5, 0.6) is 5.75 Å². The molecule has 3 heteroatoms. The summed E-state index contributed by atoms with van der Waals surface area (Å²) in [6.07, 6.45) is 0. The fourth-order valence-electron chi connectivity index (χ4n) is 1.84. The summed E-state index contributed by atoms with van der Waals surface area (Å²) in [6, 6.07) is 12.4. The van der Waals surface area contributed by atoms with Crippen molar-refractivity contribution in [2.45, 2.75) is 13.8 Å². The van der Waals surface area contributed by atoms with Crippen molar-refractivity contribution in [3.63, 3.8) is 0 Å². The van der Waals surface area contributed by atoms with Crippen LogP contribution in [0, 0.1) is 19.7 Å². The first-order valence-corrected chi connectivity index (χ1v) is 6.35. The summed E-state index contributed by atoms with van der Waals surface area (Å²) >= 11 is 0. The first-order valence-electron chi connectivity index (χ1n) is 6.35. The molecule has 0 aliphatic heterocycles.